The molecule has 0 N–H and O–H groups in total. The van der Waals surface area contributed by atoms with Gasteiger partial charge in [-0.1, -0.05) is 48.0 Å². The van der Waals surface area contributed by atoms with Crippen LogP contribution in [0.1, 0.15) is 48.6 Å². The molecule has 0 bridgehead atoms. The second-order valence-electron chi connectivity index (χ2n) is 5.63. The van der Waals surface area contributed by atoms with E-state index in [2.05, 4.69) is 43.0 Å². The lowest BCUT2D eigenvalue weighted by Gasteiger charge is -2.30. The quantitative estimate of drug-likeness (QED) is 0.639. The second kappa shape index (κ2) is 6.24. The number of thiol groups is 1. The van der Waals surface area contributed by atoms with Crippen molar-refractivity contribution in [3.05, 3.63) is 64.7 Å². The molecular weight excluding hydrogens is 284 g/mol. The van der Waals surface area contributed by atoms with Crippen molar-refractivity contribution in [1.82, 2.24) is 0 Å². The first kappa shape index (κ1) is 14.0. The molecule has 20 heavy (non-hydrogen) atoms. The lowest BCUT2D eigenvalue weighted by molar-refractivity contribution is 0.393. The largest absolute Gasteiger partial charge is 0.143 e. The van der Waals surface area contributed by atoms with Crippen molar-refractivity contribution < 1.29 is 0 Å². The average Bonchev–Trinajstić information content (AvgIpc) is 2.49. The number of hydrogen-bond donors (Lipinski definition) is 1. The Hall–Kier alpha value is -0.920. The molecule has 0 nitrogen and oxygen atoms in total. The Morgan fingerprint density at radius 1 is 0.800 bits per heavy atom. The summed E-state index contributed by atoms with van der Waals surface area (Å²) < 4.78 is 0. The molecule has 0 amide bonds. The van der Waals surface area contributed by atoms with Crippen LogP contribution in [0, 0.1) is 0 Å². The van der Waals surface area contributed by atoms with Crippen molar-refractivity contribution in [1.29, 1.82) is 0 Å². The third-order valence-electron chi connectivity index (χ3n) is 4.44. The van der Waals surface area contributed by atoms with Crippen LogP contribution >= 0.6 is 24.2 Å². The van der Waals surface area contributed by atoms with Gasteiger partial charge in [-0.2, -0.15) is 0 Å². The van der Waals surface area contributed by atoms with Crippen LogP contribution < -0.4 is 0 Å². The lowest BCUT2D eigenvalue weighted by atomic mass is 9.76. The smallest absolute Gasteiger partial charge is 0.0451 e. The summed E-state index contributed by atoms with van der Waals surface area (Å²) in [5, 5.41) is 0.876. The maximum atomic E-state index is 6.37. The van der Waals surface area contributed by atoms with Gasteiger partial charge in [0.2, 0.25) is 0 Å². The van der Waals surface area contributed by atoms with E-state index in [4.69, 9.17) is 11.6 Å². The van der Waals surface area contributed by atoms with E-state index in [9.17, 15) is 0 Å². The van der Waals surface area contributed by atoms with E-state index in [-0.39, 0.29) is 0 Å². The fraction of sp³-hybridized carbons (Fsp3) is 0.333. The van der Waals surface area contributed by atoms with Crippen LogP contribution in [0.3, 0.4) is 0 Å². The topological polar surface area (TPSA) is 0 Å². The van der Waals surface area contributed by atoms with E-state index in [0.29, 0.717) is 11.8 Å². The Morgan fingerprint density at radius 3 is 2.10 bits per heavy atom. The van der Waals surface area contributed by atoms with E-state index in [1.165, 1.54) is 36.8 Å². The van der Waals surface area contributed by atoms with Gasteiger partial charge >= 0.3 is 0 Å². The molecule has 0 saturated heterocycles. The number of hydrogen-bond acceptors (Lipinski definition) is 1. The molecule has 0 spiro atoms. The summed E-state index contributed by atoms with van der Waals surface area (Å²) in [5.41, 5.74) is 2.74. The summed E-state index contributed by atoms with van der Waals surface area (Å²) in [5.74, 6) is 1.27. The predicted octanol–water partition coefficient (Wildman–Crippen LogP) is 6.07. The summed E-state index contributed by atoms with van der Waals surface area (Å²) in [6.45, 7) is 0. The Balaban J connectivity index is 1.73. The van der Waals surface area contributed by atoms with Crippen molar-refractivity contribution >= 4 is 24.2 Å². The Kier molecular flexibility index (Phi) is 4.38. The zero-order valence-corrected chi connectivity index (χ0v) is 13.1. The van der Waals surface area contributed by atoms with Gasteiger partial charge in [0.1, 0.15) is 0 Å². The number of benzene rings is 2. The molecule has 0 aliphatic heterocycles. The van der Waals surface area contributed by atoms with Gasteiger partial charge in [-0.3, -0.25) is 0 Å². The monoisotopic (exact) mass is 302 g/mol. The molecular formula is C18H19ClS. The van der Waals surface area contributed by atoms with Crippen molar-refractivity contribution in [3.63, 3.8) is 0 Å². The van der Waals surface area contributed by atoms with Crippen LogP contribution in [-0.4, -0.2) is 0 Å². The normalized spacial score (nSPS) is 22.7. The van der Waals surface area contributed by atoms with Crippen molar-refractivity contribution in [2.45, 2.75) is 42.4 Å². The Morgan fingerprint density at radius 2 is 1.45 bits per heavy atom. The fourth-order valence-corrected chi connectivity index (χ4v) is 4.15. The van der Waals surface area contributed by atoms with Gasteiger partial charge in [-0.05, 0) is 60.8 Å². The molecule has 1 aliphatic rings. The van der Waals surface area contributed by atoms with Crippen molar-refractivity contribution in [2.24, 2.45) is 0 Å². The van der Waals surface area contributed by atoms with Crippen LogP contribution in [0.25, 0.3) is 0 Å². The van der Waals surface area contributed by atoms with E-state index in [1.54, 1.807) is 0 Å². The highest BCUT2D eigenvalue weighted by molar-refractivity contribution is 7.80. The molecule has 1 fully saturated rings. The highest BCUT2D eigenvalue weighted by Crippen LogP contribution is 2.43. The maximum Gasteiger partial charge on any atom is 0.0451 e. The molecule has 0 aromatic heterocycles. The minimum absolute atomic E-state index is 0.566. The van der Waals surface area contributed by atoms with Crippen LogP contribution in [0.4, 0.5) is 0 Å². The highest BCUT2D eigenvalue weighted by atomic mass is 35.5. The van der Waals surface area contributed by atoms with Gasteiger partial charge in [0.05, 0.1) is 0 Å². The van der Waals surface area contributed by atoms with Gasteiger partial charge in [0.15, 0.2) is 0 Å². The van der Waals surface area contributed by atoms with Crippen molar-refractivity contribution in [2.75, 3.05) is 0 Å². The lowest BCUT2D eigenvalue weighted by Crippen LogP contribution is -2.13. The molecule has 0 radical (unpaired) electrons. The third kappa shape index (κ3) is 2.89. The maximum absolute atomic E-state index is 6.37. The molecule has 1 aliphatic carbocycles. The SMILES string of the molecule is Sc1cccc(Cl)c1C1CCC(c2ccccc2)CC1. The molecule has 3 rings (SSSR count). The average molecular weight is 303 g/mol. The van der Waals surface area contributed by atoms with Crippen LogP contribution in [0.2, 0.25) is 5.02 Å². The Bertz CT molecular complexity index is 551. The molecule has 0 unspecified atom stereocenters. The van der Waals surface area contributed by atoms with Gasteiger partial charge in [-0.15, -0.1) is 12.6 Å². The zero-order valence-electron chi connectivity index (χ0n) is 11.4. The van der Waals surface area contributed by atoms with E-state index < -0.39 is 0 Å². The summed E-state index contributed by atoms with van der Waals surface area (Å²) in [6, 6.07) is 16.9. The standard InChI is InChI=1S/C18H19ClS/c19-16-7-4-8-17(20)18(16)15-11-9-14(10-12-15)13-5-2-1-3-6-13/h1-8,14-15,20H,9-12H2. The van der Waals surface area contributed by atoms with Crippen LogP contribution in [-0.2, 0) is 0 Å². The number of halogens is 1. The van der Waals surface area contributed by atoms with E-state index in [0.717, 1.165) is 9.92 Å². The van der Waals surface area contributed by atoms with Gasteiger partial charge < -0.3 is 0 Å². The van der Waals surface area contributed by atoms with Crippen LogP contribution in [0.15, 0.2) is 53.4 Å². The summed E-state index contributed by atoms with van der Waals surface area (Å²) in [4.78, 5) is 1.04. The minimum atomic E-state index is 0.566. The van der Waals surface area contributed by atoms with Crippen LogP contribution in [0.5, 0.6) is 0 Å². The minimum Gasteiger partial charge on any atom is -0.143 e. The highest BCUT2D eigenvalue weighted by Gasteiger charge is 2.25. The van der Waals surface area contributed by atoms with E-state index >= 15 is 0 Å². The molecule has 1 saturated carbocycles. The van der Waals surface area contributed by atoms with Gasteiger partial charge in [0.25, 0.3) is 0 Å². The first-order chi connectivity index (χ1) is 9.75. The molecule has 2 aromatic rings. The zero-order chi connectivity index (χ0) is 13.9. The molecule has 104 valence electrons. The predicted molar refractivity (Wildman–Crippen MR) is 89.1 cm³/mol. The van der Waals surface area contributed by atoms with Crippen molar-refractivity contribution in [3.8, 4) is 0 Å². The van der Waals surface area contributed by atoms with Gasteiger partial charge in [0, 0.05) is 9.92 Å². The number of rotatable bonds is 2. The molecule has 0 atom stereocenters. The molecule has 2 heteroatoms. The molecule has 0 heterocycles. The summed E-state index contributed by atoms with van der Waals surface area (Å²) >= 11 is 11.0. The summed E-state index contributed by atoms with van der Waals surface area (Å²) in [7, 11) is 0. The fourth-order valence-electron chi connectivity index (χ4n) is 3.37. The second-order valence-corrected chi connectivity index (χ2v) is 6.52. The van der Waals surface area contributed by atoms with E-state index in [1.807, 2.05) is 18.2 Å². The first-order valence-corrected chi connectivity index (χ1v) is 8.10. The molecule has 2 aromatic carbocycles. The van der Waals surface area contributed by atoms with Gasteiger partial charge in [-0.25, -0.2) is 0 Å². The first-order valence-electron chi connectivity index (χ1n) is 7.28. The Labute approximate surface area is 131 Å². The third-order valence-corrected chi connectivity index (χ3v) is 5.16. The summed E-state index contributed by atoms with van der Waals surface area (Å²) in [6.07, 6.45) is 4.90.